The number of fused-ring (bicyclic) bond motifs is 1. The molecule has 0 saturated heterocycles. The van der Waals surface area contributed by atoms with Gasteiger partial charge < -0.3 is 9.47 Å². The maximum Gasteiger partial charge on any atom is 0.249 e. The maximum atomic E-state index is 12.2. The molecule has 29 heavy (non-hydrogen) atoms. The van der Waals surface area contributed by atoms with Crippen LogP contribution in [-0.2, 0) is 4.79 Å². The third-order valence-corrected chi connectivity index (χ3v) is 5.78. The molecule has 2 aromatic carbocycles. The molecule has 0 aromatic heterocycles. The number of carbonyl (C=O) groups excluding carboxylic acids is 1. The summed E-state index contributed by atoms with van der Waals surface area (Å²) in [6.45, 7) is 0.215. The average Bonchev–Trinajstić information content (AvgIpc) is 3.21. The van der Waals surface area contributed by atoms with Crippen molar-refractivity contribution >= 4 is 52.3 Å². The third kappa shape index (κ3) is 5.57. The minimum absolute atomic E-state index is 0.176. The Labute approximate surface area is 184 Å². The lowest BCUT2D eigenvalue weighted by molar-refractivity contribution is -0.121. The quantitative estimate of drug-likeness (QED) is 0.394. The Kier molecular flexibility index (Phi) is 7.26. The lowest BCUT2D eigenvalue weighted by Crippen LogP contribution is -2.44. The monoisotopic (exact) mass is 448 g/mol. The first-order chi connectivity index (χ1) is 14.0. The predicted octanol–water partition coefficient (Wildman–Crippen LogP) is 2.51. The fourth-order valence-corrected chi connectivity index (χ4v) is 3.46. The van der Waals surface area contributed by atoms with Gasteiger partial charge in [-0.3, -0.25) is 20.2 Å². The second-order valence-corrected chi connectivity index (χ2v) is 7.61. The van der Waals surface area contributed by atoms with Crippen LogP contribution in [0.4, 0.5) is 0 Å². The van der Waals surface area contributed by atoms with Crippen molar-refractivity contribution in [2.24, 2.45) is 0 Å². The van der Waals surface area contributed by atoms with Crippen LogP contribution < -0.4 is 19.7 Å². The van der Waals surface area contributed by atoms with E-state index in [1.807, 2.05) is 48.5 Å². The van der Waals surface area contributed by atoms with Crippen LogP contribution in [0.25, 0.3) is 0 Å². The molecular weight excluding hydrogens is 428 g/mol. The second-order valence-electron chi connectivity index (χ2n) is 6.08. The number of amides is 1. The van der Waals surface area contributed by atoms with E-state index in [0.29, 0.717) is 21.5 Å². The van der Waals surface area contributed by atoms with Crippen molar-refractivity contribution < 1.29 is 14.3 Å². The van der Waals surface area contributed by atoms with E-state index in [1.54, 1.807) is 19.1 Å². The van der Waals surface area contributed by atoms with Gasteiger partial charge in [-0.15, -0.1) is 0 Å². The number of ether oxygens (including phenoxy) is 2. The van der Waals surface area contributed by atoms with Gasteiger partial charge in [0.25, 0.3) is 0 Å². The van der Waals surface area contributed by atoms with Gasteiger partial charge in [0.15, 0.2) is 11.5 Å². The van der Waals surface area contributed by atoms with Crippen LogP contribution in [0, 0.1) is 0 Å². The number of carbonyl (C=O) groups is 1. The molecule has 152 valence electrons. The van der Waals surface area contributed by atoms with Gasteiger partial charge in [0.1, 0.15) is 9.98 Å². The highest BCUT2D eigenvalue weighted by Crippen LogP contribution is 2.32. The van der Waals surface area contributed by atoms with Crippen molar-refractivity contribution in [1.82, 2.24) is 20.3 Å². The lowest BCUT2D eigenvalue weighted by Gasteiger charge is -2.22. The molecule has 0 spiro atoms. The van der Waals surface area contributed by atoms with Crippen LogP contribution in [0.5, 0.6) is 11.5 Å². The van der Waals surface area contributed by atoms with E-state index in [-0.39, 0.29) is 18.5 Å². The number of hydrazine groups is 2. The van der Waals surface area contributed by atoms with E-state index in [2.05, 4.69) is 10.3 Å². The summed E-state index contributed by atoms with van der Waals surface area (Å²) >= 11 is 12.1. The Hall–Kier alpha value is -2.40. The Bertz CT molecular complexity index is 911. The molecule has 0 radical (unpaired) electrons. The van der Waals surface area contributed by atoms with Crippen LogP contribution in [-0.4, -0.2) is 52.5 Å². The van der Waals surface area contributed by atoms with E-state index >= 15 is 0 Å². The highest BCUT2D eigenvalue weighted by atomic mass is 32.2. The molecule has 10 heteroatoms. The SMILES string of the molecule is CN(NSCC(=O)NN(C)C(=S)c1ccccc1)C(=S)c1ccc2c(c1)OCO2. The van der Waals surface area contributed by atoms with Gasteiger partial charge in [0.2, 0.25) is 12.7 Å². The standard InChI is InChI=1S/C19H20N4O3S3/c1-22(18(27)13-6-4-3-5-7-13)20-17(24)11-29-21-23(2)19(28)14-8-9-15-16(10-14)26-12-25-15/h3-10,21H,11-12H2,1-2H3,(H,20,24). The Morgan fingerprint density at radius 2 is 1.69 bits per heavy atom. The third-order valence-electron chi connectivity index (χ3n) is 3.95. The van der Waals surface area contributed by atoms with Crippen molar-refractivity contribution in [3.05, 3.63) is 59.7 Å². The Morgan fingerprint density at radius 1 is 1.00 bits per heavy atom. The summed E-state index contributed by atoms with van der Waals surface area (Å²) in [6.07, 6.45) is 0. The Balaban J connectivity index is 1.43. The zero-order chi connectivity index (χ0) is 20.8. The fraction of sp³-hybridized carbons (Fsp3) is 0.211. The van der Waals surface area contributed by atoms with Crippen LogP contribution in [0.2, 0.25) is 0 Å². The van der Waals surface area contributed by atoms with E-state index in [0.717, 1.165) is 11.1 Å². The summed E-state index contributed by atoms with van der Waals surface area (Å²) in [4.78, 5) is 16.3. The molecule has 7 nitrogen and oxygen atoms in total. The molecule has 3 rings (SSSR count). The van der Waals surface area contributed by atoms with Crippen LogP contribution in [0.1, 0.15) is 11.1 Å². The smallest absolute Gasteiger partial charge is 0.249 e. The van der Waals surface area contributed by atoms with Crippen LogP contribution in [0.3, 0.4) is 0 Å². The lowest BCUT2D eigenvalue weighted by atomic mass is 10.2. The molecule has 0 fully saturated rings. The summed E-state index contributed by atoms with van der Waals surface area (Å²) in [7, 11) is 3.50. The van der Waals surface area contributed by atoms with Gasteiger partial charge in [-0.2, -0.15) is 4.83 Å². The predicted molar refractivity (Wildman–Crippen MR) is 122 cm³/mol. The van der Waals surface area contributed by atoms with E-state index in [1.165, 1.54) is 17.0 Å². The van der Waals surface area contributed by atoms with E-state index in [4.69, 9.17) is 33.9 Å². The first-order valence-electron chi connectivity index (χ1n) is 8.63. The molecule has 2 N–H and O–H groups in total. The zero-order valence-corrected chi connectivity index (χ0v) is 18.3. The van der Waals surface area contributed by atoms with Crippen molar-refractivity contribution in [3.63, 3.8) is 0 Å². The van der Waals surface area contributed by atoms with E-state index < -0.39 is 0 Å². The summed E-state index contributed by atoms with van der Waals surface area (Å²) in [5.41, 5.74) is 4.43. The zero-order valence-electron chi connectivity index (χ0n) is 15.9. The number of hydrogen-bond acceptors (Lipinski definition) is 7. The molecule has 0 aliphatic carbocycles. The molecule has 0 atom stereocenters. The topological polar surface area (TPSA) is 66.1 Å². The van der Waals surface area contributed by atoms with Gasteiger partial charge in [-0.05, 0) is 18.2 Å². The molecule has 0 bridgehead atoms. The molecule has 1 aliphatic heterocycles. The Morgan fingerprint density at radius 3 is 2.45 bits per heavy atom. The first kappa shape index (κ1) is 21.3. The van der Waals surface area contributed by atoms with Gasteiger partial charge >= 0.3 is 0 Å². The molecule has 1 amide bonds. The van der Waals surface area contributed by atoms with Gasteiger partial charge in [-0.1, -0.05) is 66.7 Å². The van der Waals surface area contributed by atoms with Crippen LogP contribution in [0.15, 0.2) is 48.5 Å². The summed E-state index contributed by atoms with van der Waals surface area (Å²) in [5.74, 6) is 1.36. The summed E-state index contributed by atoms with van der Waals surface area (Å²) in [5, 5.41) is 3.21. The average molecular weight is 449 g/mol. The first-order valence-corrected chi connectivity index (χ1v) is 10.4. The number of nitrogens with zero attached hydrogens (tertiary/aromatic N) is 2. The number of rotatable bonds is 6. The molecular formula is C19H20N4O3S3. The number of thiocarbonyl (C=S) groups is 2. The molecule has 1 aliphatic rings. The van der Waals surface area contributed by atoms with Crippen molar-refractivity contribution in [3.8, 4) is 11.5 Å². The normalized spacial score (nSPS) is 11.7. The molecule has 1 heterocycles. The van der Waals surface area contributed by atoms with Gasteiger partial charge in [0.05, 0.1) is 5.75 Å². The minimum Gasteiger partial charge on any atom is -0.454 e. The minimum atomic E-state index is -0.189. The number of benzene rings is 2. The van der Waals surface area contributed by atoms with E-state index in [9.17, 15) is 4.79 Å². The highest BCUT2D eigenvalue weighted by Gasteiger charge is 2.17. The number of nitrogens with one attached hydrogen (secondary N) is 2. The molecule has 0 saturated carbocycles. The maximum absolute atomic E-state index is 12.2. The summed E-state index contributed by atoms with van der Waals surface area (Å²) < 4.78 is 10.7. The van der Waals surface area contributed by atoms with Crippen LogP contribution >= 0.6 is 36.4 Å². The van der Waals surface area contributed by atoms with Crippen molar-refractivity contribution in [1.29, 1.82) is 0 Å². The van der Waals surface area contributed by atoms with Gasteiger partial charge in [-0.25, -0.2) is 0 Å². The highest BCUT2D eigenvalue weighted by molar-refractivity contribution is 7.98. The molecule has 0 unspecified atom stereocenters. The number of hydrogen-bond donors (Lipinski definition) is 2. The largest absolute Gasteiger partial charge is 0.454 e. The van der Waals surface area contributed by atoms with Crippen molar-refractivity contribution in [2.45, 2.75) is 0 Å². The van der Waals surface area contributed by atoms with Crippen molar-refractivity contribution in [2.75, 3.05) is 26.6 Å². The fourth-order valence-electron chi connectivity index (χ4n) is 2.50. The second kappa shape index (κ2) is 9.88. The van der Waals surface area contributed by atoms with Gasteiger partial charge in [0, 0.05) is 25.2 Å². The molecule has 2 aromatic rings. The summed E-state index contributed by atoms with van der Waals surface area (Å²) in [6, 6.07) is 15.0.